The van der Waals surface area contributed by atoms with Crippen molar-refractivity contribution >= 4 is 28.8 Å². The minimum absolute atomic E-state index is 0.0569. The molecule has 0 saturated heterocycles. The number of aromatic nitrogens is 1. The lowest BCUT2D eigenvalue weighted by Gasteiger charge is -2.05. The number of oxazole rings is 1. The average Bonchev–Trinajstić information content (AvgIpc) is 2.83. The molecule has 0 aliphatic carbocycles. The topological polar surface area (TPSA) is 95.6 Å². The Kier molecular flexibility index (Phi) is 2.76. The maximum Gasteiger partial charge on any atom is 0.335 e. The minimum Gasteiger partial charge on any atom is -0.506 e. The second kappa shape index (κ2) is 4.58. The molecule has 0 aliphatic rings. The van der Waals surface area contributed by atoms with Crippen molar-refractivity contribution in [1.82, 2.24) is 4.98 Å². The molecule has 0 atom stereocenters. The van der Waals surface area contributed by atoms with Gasteiger partial charge in [-0.25, -0.2) is 4.79 Å². The van der Waals surface area contributed by atoms with E-state index in [9.17, 15) is 9.90 Å². The highest BCUT2D eigenvalue weighted by Gasteiger charge is 2.11. The second-order valence-electron chi connectivity index (χ2n) is 4.15. The Hall–Kier alpha value is -3.02. The second-order valence-corrected chi connectivity index (χ2v) is 4.15. The van der Waals surface area contributed by atoms with Crippen LogP contribution in [0.1, 0.15) is 10.4 Å². The third-order valence-electron chi connectivity index (χ3n) is 2.78. The van der Waals surface area contributed by atoms with Gasteiger partial charge < -0.3 is 19.9 Å². The molecule has 0 radical (unpaired) electrons. The summed E-state index contributed by atoms with van der Waals surface area (Å²) in [6.07, 6.45) is 0. The van der Waals surface area contributed by atoms with E-state index in [1.54, 1.807) is 12.1 Å². The molecule has 1 heterocycles. The smallest absolute Gasteiger partial charge is 0.335 e. The number of fused-ring (bicyclic) bond motifs is 1. The number of carboxylic acid groups (broad SMARTS) is 1. The van der Waals surface area contributed by atoms with E-state index in [2.05, 4.69) is 10.3 Å². The van der Waals surface area contributed by atoms with E-state index in [4.69, 9.17) is 9.52 Å². The number of phenolic OH excluding ortho intramolecular Hbond substituents is 1. The number of para-hydroxylation sites is 2. The van der Waals surface area contributed by atoms with Crippen molar-refractivity contribution in [2.75, 3.05) is 5.32 Å². The van der Waals surface area contributed by atoms with Crippen molar-refractivity contribution in [3.8, 4) is 5.75 Å². The molecule has 3 N–H and O–H groups in total. The van der Waals surface area contributed by atoms with Crippen molar-refractivity contribution in [3.05, 3.63) is 48.0 Å². The van der Waals surface area contributed by atoms with Gasteiger partial charge in [-0.2, -0.15) is 4.98 Å². The summed E-state index contributed by atoms with van der Waals surface area (Å²) in [4.78, 5) is 15.1. The van der Waals surface area contributed by atoms with Gasteiger partial charge in [-0.15, -0.1) is 0 Å². The van der Waals surface area contributed by atoms with E-state index in [1.165, 1.54) is 18.2 Å². The Morgan fingerprint density at radius 1 is 1.20 bits per heavy atom. The lowest BCUT2D eigenvalue weighted by atomic mass is 10.2. The molecule has 3 rings (SSSR count). The number of hydrogen-bond donors (Lipinski definition) is 3. The normalized spacial score (nSPS) is 10.6. The number of hydrogen-bond acceptors (Lipinski definition) is 5. The summed E-state index contributed by atoms with van der Waals surface area (Å²) in [5.74, 6) is -1.16. The SMILES string of the molecule is O=C(O)c1ccc(O)c(Nc2nc3ccccc3o2)c1. The van der Waals surface area contributed by atoms with Gasteiger partial charge in [0.05, 0.1) is 11.3 Å². The Morgan fingerprint density at radius 3 is 2.75 bits per heavy atom. The molecule has 0 spiro atoms. The Bertz CT molecular complexity index is 762. The quantitative estimate of drug-likeness (QED) is 0.633. The molecule has 3 aromatic rings. The highest BCUT2D eigenvalue weighted by Crippen LogP contribution is 2.29. The number of benzene rings is 2. The third-order valence-corrected chi connectivity index (χ3v) is 2.78. The molecule has 20 heavy (non-hydrogen) atoms. The van der Waals surface area contributed by atoms with Gasteiger partial charge in [-0.3, -0.25) is 0 Å². The third kappa shape index (κ3) is 2.14. The number of anilines is 2. The first-order valence-electron chi connectivity index (χ1n) is 5.82. The molecule has 0 bridgehead atoms. The molecule has 0 aliphatic heterocycles. The van der Waals surface area contributed by atoms with Crippen molar-refractivity contribution in [1.29, 1.82) is 0 Å². The number of nitrogens with zero attached hydrogens (tertiary/aromatic N) is 1. The zero-order chi connectivity index (χ0) is 14.1. The number of aromatic hydroxyl groups is 1. The molecule has 1 aromatic heterocycles. The minimum atomic E-state index is -1.08. The van der Waals surface area contributed by atoms with Crippen LogP contribution in [0.15, 0.2) is 46.9 Å². The standard InChI is InChI=1S/C14H10N2O4/c17-11-6-5-8(13(18)19)7-10(11)16-14-15-9-3-1-2-4-12(9)20-14/h1-7,17H,(H,15,16)(H,18,19). The first-order chi connectivity index (χ1) is 9.63. The lowest BCUT2D eigenvalue weighted by molar-refractivity contribution is 0.0697. The van der Waals surface area contributed by atoms with E-state index in [1.807, 2.05) is 12.1 Å². The predicted octanol–water partition coefficient (Wildman–Crippen LogP) is 2.98. The van der Waals surface area contributed by atoms with Crippen LogP contribution >= 0.6 is 0 Å². The largest absolute Gasteiger partial charge is 0.506 e. The lowest BCUT2D eigenvalue weighted by Crippen LogP contribution is -1.98. The van der Waals surface area contributed by atoms with Crippen molar-refractivity contribution in [2.45, 2.75) is 0 Å². The number of aromatic carboxylic acids is 1. The van der Waals surface area contributed by atoms with E-state index < -0.39 is 5.97 Å². The van der Waals surface area contributed by atoms with Gasteiger partial charge in [0, 0.05) is 0 Å². The average molecular weight is 270 g/mol. The first-order valence-corrected chi connectivity index (χ1v) is 5.82. The van der Waals surface area contributed by atoms with Gasteiger partial charge in [0.1, 0.15) is 11.3 Å². The van der Waals surface area contributed by atoms with Crippen LogP contribution in [0, 0.1) is 0 Å². The predicted molar refractivity (Wildman–Crippen MR) is 72.4 cm³/mol. The summed E-state index contributed by atoms with van der Waals surface area (Å²) in [5.41, 5.74) is 1.55. The summed E-state index contributed by atoms with van der Waals surface area (Å²) >= 11 is 0. The van der Waals surface area contributed by atoms with Crippen LogP contribution in [0.3, 0.4) is 0 Å². The summed E-state index contributed by atoms with van der Waals surface area (Å²) < 4.78 is 5.45. The van der Waals surface area contributed by atoms with Crippen LogP contribution in [0.5, 0.6) is 5.75 Å². The molecule has 0 amide bonds. The number of nitrogens with one attached hydrogen (secondary N) is 1. The molecule has 100 valence electrons. The van der Waals surface area contributed by atoms with E-state index in [0.717, 1.165) is 0 Å². The number of carbonyl (C=O) groups is 1. The Labute approximate surface area is 113 Å². The fourth-order valence-corrected chi connectivity index (χ4v) is 1.81. The Balaban J connectivity index is 1.97. The van der Waals surface area contributed by atoms with Crippen LogP contribution in [0.25, 0.3) is 11.1 Å². The van der Waals surface area contributed by atoms with Crippen molar-refractivity contribution < 1.29 is 19.4 Å². The first kappa shape index (κ1) is 12.0. The number of phenols is 1. The van der Waals surface area contributed by atoms with Crippen LogP contribution in [0.2, 0.25) is 0 Å². The summed E-state index contributed by atoms with van der Waals surface area (Å²) in [6, 6.07) is 11.3. The molecule has 0 fully saturated rings. The van der Waals surface area contributed by atoms with E-state index >= 15 is 0 Å². The zero-order valence-electron chi connectivity index (χ0n) is 10.2. The fourth-order valence-electron chi connectivity index (χ4n) is 1.81. The maximum atomic E-state index is 10.9. The van der Waals surface area contributed by atoms with Gasteiger partial charge in [0.2, 0.25) is 0 Å². The van der Waals surface area contributed by atoms with Crippen molar-refractivity contribution in [3.63, 3.8) is 0 Å². The molecule has 6 nitrogen and oxygen atoms in total. The van der Waals surface area contributed by atoms with Gasteiger partial charge in [0.25, 0.3) is 6.01 Å². The molecular weight excluding hydrogens is 260 g/mol. The highest BCUT2D eigenvalue weighted by molar-refractivity contribution is 5.90. The van der Waals surface area contributed by atoms with Crippen LogP contribution in [-0.4, -0.2) is 21.2 Å². The highest BCUT2D eigenvalue weighted by atomic mass is 16.4. The molecule has 2 aromatic carbocycles. The van der Waals surface area contributed by atoms with Gasteiger partial charge in [-0.1, -0.05) is 12.1 Å². The van der Waals surface area contributed by atoms with Gasteiger partial charge in [-0.05, 0) is 30.3 Å². The Morgan fingerprint density at radius 2 is 2.00 bits per heavy atom. The van der Waals surface area contributed by atoms with Crippen molar-refractivity contribution in [2.24, 2.45) is 0 Å². The van der Waals surface area contributed by atoms with Gasteiger partial charge in [0.15, 0.2) is 5.58 Å². The number of carboxylic acids is 1. The van der Waals surface area contributed by atoms with Crippen LogP contribution in [0.4, 0.5) is 11.7 Å². The van der Waals surface area contributed by atoms with E-state index in [0.29, 0.717) is 11.1 Å². The summed E-state index contributed by atoms with van der Waals surface area (Å²) in [5, 5.41) is 21.4. The molecule has 0 saturated carbocycles. The summed E-state index contributed by atoms with van der Waals surface area (Å²) in [7, 11) is 0. The monoisotopic (exact) mass is 270 g/mol. The van der Waals surface area contributed by atoms with E-state index in [-0.39, 0.29) is 23.0 Å². The van der Waals surface area contributed by atoms with Gasteiger partial charge >= 0.3 is 5.97 Å². The molecule has 6 heteroatoms. The molecule has 0 unspecified atom stereocenters. The number of rotatable bonds is 3. The maximum absolute atomic E-state index is 10.9. The van der Waals surface area contributed by atoms with Crippen LogP contribution < -0.4 is 5.32 Å². The zero-order valence-corrected chi connectivity index (χ0v) is 10.2. The molecular formula is C14H10N2O4. The summed E-state index contributed by atoms with van der Waals surface area (Å²) in [6.45, 7) is 0. The van der Waals surface area contributed by atoms with Crippen LogP contribution in [-0.2, 0) is 0 Å². The fraction of sp³-hybridized carbons (Fsp3) is 0.